The maximum atomic E-state index is 7.00. The molecule has 0 bridgehead atoms. The maximum absolute atomic E-state index is 7.00. The third-order valence-corrected chi connectivity index (χ3v) is 20.3. The van der Waals surface area contributed by atoms with Gasteiger partial charge in [-0.2, -0.15) is 0 Å². The minimum atomic E-state index is 0.529. The summed E-state index contributed by atoms with van der Waals surface area (Å²) in [7, 11) is 0. The summed E-state index contributed by atoms with van der Waals surface area (Å²) >= 11 is 0. The van der Waals surface area contributed by atoms with Gasteiger partial charge in [-0.05, 0) is 120 Å². The molecule has 102 heavy (non-hydrogen) atoms. The van der Waals surface area contributed by atoms with Crippen LogP contribution < -0.4 is 0 Å². The quantitative estimate of drug-likeness (QED) is 0.137. The number of rotatable bonds is 9. The predicted molar refractivity (Wildman–Crippen MR) is 409 cm³/mol. The average Bonchev–Trinajstić information content (AvgIpc) is 1.57. The average molecular weight is 1310 g/mol. The summed E-state index contributed by atoms with van der Waals surface area (Å²) in [6.45, 7) is 0. The number of furan rings is 4. The zero-order valence-electron chi connectivity index (χ0n) is 54.1. The normalized spacial score (nSPS) is 12.1. The molecule has 22 aromatic rings. The monoisotopic (exact) mass is 1310 g/mol. The zero-order chi connectivity index (χ0) is 66.7. The third-order valence-electron chi connectivity index (χ3n) is 20.3. The SMILES string of the molecule is c1ccc(-c2nc(-c3cccc(-n4c5ccccc5c5c6oc7ccc(-c8ccc9c(c8)oc8cccc(-c%10nc(-c%11ccccc%11)nc(-c%11ccccc%11-n%11c%12ccccc%12c%12c%13oc%14ccccc%14c%13ccc%12%11)n%10)c89)cc7c6ccc54)c3)nc(-c3cccc4oc5ccccc5c34)n2)cc1. The molecule has 0 atom stereocenters. The summed E-state index contributed by atoms with van der Waals surface area (Å²) < 4.78 is 31.5. The molecule has 0 unspecified atom stereocenters. The van der Waals surface area contributed by atoms with Gasteiger partial charge < -0.3 is 26.8 Å². The molecule has 0 saturated carbocycles. The number of aromatic nitrogens is 8. The molecule has 0 spiro atoms. The van der Waals surface area contributed by atoms with E-state index in [0.717, 1.165) is 187 Å². The summed E-state index contributed by atoms with van der Waals surface area (Å²) in [6, 6.07) is 104. The topological polar surface area (TPSA) is 140 Å². The van der Waals surface area contributed by atoms with Gasteiger partial charge in [-0.3, -0.25) is 0 Å². The van der Waals surface area contributed by atoms with E-state index in [2.05, 4.69) is 191 Å². The van der Waals surface area contributed by atoms with E-state index in [-0.39, 0.29) is 0 Å². The Morgan fingerprint density at radius 1 is 0.206 bits per heavy atom. The van der Waals surface area contributed by atoms with Gasteiger partial charge in [0.15, 0.2) is 34.9 Å². The van der Waals surface area contributed by atoms with E-state index in [9.17, 15) is 0 Å². The smallest absolute Gasteiger partial charge is 0.166 e. The van der Waals surface area contributed by atoms with Crippen molar-refractivity contribution in [2.45, 2.75) is 0 Å². The van der Waals surface area contributed by atoms with Crippen molar-refractivity contribution in [3.05, 3.63) is 303 Å². The molecule has 8 heterocycles. The summed E-state index contributed by atoms with van der Waals surface area (Å²) in [4.78, 5) is 31.6. The first-order valence-electron chi connectivity index (χ1n) is 34.0. The van der Waals surface area contributed by atoms with E-state index in [0.29, 0.717) is 34.9 Å². The van der Waals surface area contributed by atoms with Gasteiger partial charge in [0.05, 0.1) is 38.5 Å². The molecule has 0 N–H and O–H groups in total. The van der Waals surface area contributed by atoms with Gasteiger partial charge >= 0.3 is 0 Å². The van der Waals surface area contributed by atoms with Crippen molar-refractivity contribution in [1.82, 2.24) is 39.0 Å². The minimum Gasteiger partial charge on any atom is -0.456 e. The summed E-state index contributed by atoms with van der Waals surface area (Å²) in [5.41, 5.74) is 19.5. The second kappa shape index (κ2) is 21.7. The van der Waals surface area contributed by atoms with Gasteiger partial charge in [0.1, 0.15) is 44.7 Å². The molecule has 8 aromatic heterocycles. The number of nitrogens with zero attached hydrogens (tertiary/aromatic N) is 8. The van der Waals surface area contributed by atoms with E-state index in [1.807, 2.05) is 121 Å². The van der Waals surface area contributed by atoms with Crippen molar-refractivity contribution in [2.75, 3.05) is 0 Å². The van der Waals surface area contributed by atoms with Crippen LogP contribution in [0.2, 0.25) is 0 Å². The van der Waals surface area contributed by atoms with Crippen LogP contribution in [0.5, 0.6) is 0 Å². The number of benzene rings is 14. The van der Waals surface area contributed by atoms with Crippen LogP contribution in [0.4, 0.5) is 0 Å². The van der Waals surface area contributed by atoms with Gasteiger partial charge in [0.2, 0.25) is 0 Å². The molecule has 474 valence electrons. The van der Waals surface area contributed by atoms with E-state index in [1.54, 1.807) is 0 Å². The lowest BCUT2D eigenvalue weighted by atomic mass is 9.99. The zero-order valence-corrected chi connectivity index (χ0v) is 54.1. The Hall–Kier alpha value is -14.1. The van der Waals surface area contributed by atoms with Crippen molar-refractivity contribution < 1.29 is 17.7 Å². The van der Waals surface area contributed by atoms with Gasteiger partial charge in [-0.15, -0.1) is 0 Å². The molecule has 0 fully saturated rings. The lowest BCUT2D eigenvalue weighted by molar-refractivity contribution is 0.668. The molecular weight excluding hydrogens is 1260 g/mol. The predicted octanol–water partition coefficient (Wildman–Crippen LogP) is 23.5. The van der Waals surface area contributed by atoms with Gasteiger partial charge in [-0.1, -0.05) is 194 Å². The Bertz CT molecular complexity index is 7280. The third kappa shape index (κ3) is 8.44. The molecule has 12 heteroatoms. The van der Waals surface area contributed by atoms with E-state index < -0.39 is 0 Å². The molecule has 22 rings (SSSR count). The van der Waals surface area contributed by atoms with Crippen LogP contribution in [-0.4, -0.2) is 39.0 Å². The highest BCUT2D eigenvalue weighted by Crippen LogP contribution is 2.47. The molecule has 14 aromatic carbocycles. The second-order valence-electron chi connectivity index (χ2n) is 26.0. The van der Waals surface area contributed by atoms with Crippen LogP contribution in [0.25, 0.3) is 222 Å². The fraction of sp³-hybridized carbons (Fsp3) is 0. The number of hydrogen-bond donors (Lipinski definition) is 0. The second-order valence-corrected chi connectivity index (χ2v) is 26.0. The van der Waals surface area contributed by atoms with Crippen molar-refractivity contribution in [2.24, 2.45) is 0 Å². The van der Waals surface area contributed by atoms with Crippen molar-refractivity contribution in [3.8, 4) is 90.8 Å². The Balaban J connectivity index is 0.641. The lowest BCUT2D eigenvalue weighted by Crippen LogP contribution is -2.03. The minimum absolute atomic E-state index is 0.529. The Morgan fingerprint density at radius 3 is 1.31 bits per heavy atom. The van der Waals surface area contributed by atoms with E-state index >= 15 is 0 Å². The van der Waals surface area contributed by atoms with Gasteiger partial charge in [-0.25, -0.2) is 29.9 Å². The molecule has 0 radical (unpaired) electrons. The summed E-state index contributed by atoms with van der Waals surface area (Å²) in [5.74, 6) is 3.32. The van der Waals surface area contributed by atoms with Crippen LogP contribution in [-0.2, 0) is 0 Å². The summed E-state index contributed by atoms with van der Waals surface area (Å²) in [5, 5.41) is 12.3. The van der Waals surface area contributed by atoms with Crippen molar-refractivity contribution in [1.29, 1.82) is 0 Å². The standard InChI is InChI=1S/C90H50N8O4/c1-3-20-51(21-4-1)85-91-87(95-89(93-85)65-31-18-38-76-79(65)63-30-11-16-37-74(63)99-76)55-24-17-25-56(48-55)97-68-33-12-7-27-60(68)81-71(97)45-44-59-67-49-53(41-47-75(67)102-84(59)81)54-40-42-64-78(50-54)100-77-39-19-32-66(80(64)77)90-94-86(52-22-5-2-6-23-52)92-88(96-90)62-29-9-14-35-70(62)98-69-34-13-8-28-61(69)82-72(98)46-43-58-57-26-10-15-36-73(57)101-83(58)82/h1-50H. The Kier molecular flexibility index (Phi) is 11.9. The first kappa shape index (κ1) is 56.0. The fourth-order valence-electron chi connectivity index (χ4n) is 15.7. The van der Waals surface area contributed by atoms with Crippen LogP contribution in [0.15, 0.2) is 321 Å². The first-order valence-corrected chi connectivity index (χ1v) is 34.0. The highest BCUT2D eigenvalue weighted by molar-refractivity contribution is 6.26. The van der Waals surface area contributed by atoms with Gasteiger partial charge in [0.25, 0.3) is 0 Å². The van der Waals surface area contributed by atoms with Crippen molar-refractivity contribution >= 4 is 131 Å². The highest BCUT2D eigenvalue weighted by atomic mass is 16.3. The Labute approximate surface area is 578 Å². The van der Waals surface area contributed by atoms with Crippen LogP contribution in [0.3, 0.4) is 0 Å². The maximum Gasteiger partial charge on any atom is 0.166 e. The molecular formula is C90H50N8O4. The molecule has 0 aliphatic rings. The lowest BCUT2D eigenvalue weighted by Gasteiger charge is -2.14. The van der Waals surface area contributed by atoms with Gasteiger partial charge in [0, 0.05) is 92.9 Å². The largest absolute Gasteiger partial charge is 0.456 e. The van der Waals surface area contributed by atoms with E-state index in [4.69, 9.17) is 47.6 Å². The first-order chi connectivity index (χ1) is 50.5. The van der Waals surface area contributed by atoms with Crippen LogP contribution in [0, 0.1) is 0 Å². The molecule has 0 saturated heterocycles. The number of para-hydroxylation sites is 5. The summed E-state index contributed by atoms with van der Waals surface area (Å²) in [6.07, 6.45) is 0. The fourth-order valence-corrected chi connectivity index (χ4v) is 15.7. The molecule has 0 aliphatic carbocycles. The van der Waals surface area contributed by atoms with Crippen molar-refractivity contribution in [3.63, 3.8) is 0 Å². The van der Waals surface area contributed by atoms with Crippen LogP contribution in [0.1, 0.15) is 0 Å². The number of fused-ring (bicyclic) bond motifs is 20. The number of hydrogen-bond acceptors (Lipinski definition) is 10. The molecule has 0 amide bonds. The molecule has 0 aliphatic heterocycles. The van der Waals surface area contributed by atoms with E-state index in [1.165, 1.54) is 0 Å². The highest BCUT2D eigenvalue weighted by Gasteiger charge is 2.26. The Morgan fingerprint density at radius 2 is 0.637 bits per heavy atom. The van der Waals surface area contributed by atoms with Crippen LogP contribution >= 0.6 is 0 Å². The molecule has 12 nitrogen and oxygen atoms in total.